The summed E-state index contributed by atoms with van der Waals surface area (Å²) in [7, 11) is 4.91. The first kappa shape index (κ1) is 15.9. The summed E-state index contributed by atoms with van der Waals surface area (Å²) < 4.78 is 18.1. The zero-order valence-corrected chi connectivity index (χ0v) is 12.5. The van der Waals surface area contributed by atoms with E-state index in [-0.39, 0.29) is 12.3 Å². The highest BCUT2D eigenvalue weighted by atomic mass is 16.7. The summed E-state index contributed by atoms with van der Waals surface area (Å²) in [6.45, 7) is 5.80. The van der Waals surface area contributed by atoms with Crippen LogP contribution in [0, 0.1) is 0 Å². The van der Waals surface area contributed by atoms with Crippen LogP contribution < -0.4 is 10.1 Å². The van der Waals surface area contributed by atoms with Crippen molar-refractivity contribution in [3.63, 3.8) is 0 Å². The van der Waals surface area contributed by atoms with Crippen molar-refractivity contribution in [1.82, 2.24) is 15.1 Å². The van der Waals surface area contributed by atoms with Crippen molar-refractivity contribution in [3.05, 3.63) is 11.9 Å². The van der Waals surface area contributed by atoms with Crippen LogP contribution in [0.25, 0.3) is 0 Å². The second-order valence-corrected chi connectivity index (χ2v) is 4.19. The number of ether oxygens (including phenoxy) is 3. The lowest BCUT2D eigenvalue weighted by Crippen LogP contribution is -2.36. The molecule has 0 spiro atoms. The highest BCUT2D eigenvalue weighted by molar-refractivity contribution is 5.29. The van der Waals surface area contributed by atoms with Crippen LogP contribution in [0.15, 0.2) is 6.20 Å². The molecule has 0 aliphatic carbocycles. The number of nitrogens with one attached hydrogen (secondary N) is 1. The number of hydrogen-bond acceptors (Lipinski definition) is 5. The molecule has 0 saturated heterocycles. The standard InChI is InChI=1S/C13H25N3O3/c1-6-8-14-11(13(18-4)19-5)12-10(17-3)9-15-16(12)7-2/h9,11,13-14H,6-8H2,1-5H3. The summed E-state index contributed by atoms with van der Waals surface area (Å²) >= 11 is 0. The fraction of sp³-hybridized carbons (Fsp3) is 0.769. The van der Waals surface area contributed by atoms with E-state index < -0.39 is 0 Å². The van der Waals surface area contributed by atoms with Crippen molar-refractivity contribution in [2.75, 3.05) is 27.9 Å². The van der Waals surface area contributed by atoms with Gasteiger partial charge in [-0.15, -0.1) is 0 Å². The molecule has 110 valence electrons. The third-order valence-electron chi connectivity index (χ3n) is 3.01. The van der Waals surface area contributed by atoms with E-state index in [4.69, 9.17) is 14.2 Å². The summed E-state index contributed by atoms with van der Waals surface area (Å²) in [5.41, 5.74) is 0.951. The van der Waals surface area contributed by atoms with Gasteiger partial charge in [0, 0.05) is 20.8 Å². The quantitative estimate of drug-likeness (QED) is 0.691. The minimum absolute atomic E-state index is 0.118. The van der Waals surface area contributed by atoms with Crippen LogP contribution in [0.3, 0.4) is 0 Å². The highest BCUT2D eigenvalue weighted by Crippen LogP contribution is 2.28. The van der Waals surface area contributed by atoms with Crippen molar-refractivity contribution in [2.45, 2.75) is 39.1 Å². The third-order valence-corrected chi connectivity index (χ3v) is 3.01. The molecule has 1 aromatic rings. The fourth-order valence-corrected chi connectivity index (χ4v) is 2.09. The Morgan fingerprint density at radius 2 is 1.95 bits per heavy atom. The number of methoxy groups -OCH3 is 3. The largest absolute Gasteiger partial charge is 0.493 e. The molecule has 0 aliphatic rings. The topological polar surface area (TPSA) is 57.5 Å². The van der Waals surface area contributed by atoms with Crippen molar-refractivity contribution in [1.29, 1.82) is 0 Å². The number of aryl methyl sites for hydroxylation is 1. The lowest BCUT2D eigenvalue weighted by molar-refractivity contribution is -0.125. The molecule has 19 heavy (non-hydrogen) atoms. The predicted molar refractivity (Wildman–Crippen MR) is 73.3 cm³/mol. The van der Waals surface area contributed by atoms with E-state index in [0.717, 1.165) is 31.0 Å². The van der Waals surface area contributed by atoms with Crippen molar-refractivity contribution < 1.29 is 14.2 Å². The lowest BCUT2D eigenvalue weighted by atomic mass is 10.1. The van der Waals surface area contributed by atoms with Gasteiger partial charge >= 0.3 is 0 Å². The maximum Gasteiger partial charge on any atom is 0.177 e. The average Bonchev–Trinajstić information content (AvgIpc) is 2.86. The molecule has 0 amide bonds. The Morgan fingerprint density at radius 1 is 1.26 bits per heavy atom. The second kappa shape index (κ2) is 8.14. The van der Waals surface area contributed by atoms with E-state index in [1.54, 1.807) is 27.5 Å². The minimum atomic E-state index is -0.387. The van der Waals surface area contributed by atoms with Gasteiger partial charge in [-0.1, -0.05) is 6.92 Å². The van der Waals surface area contributed by atoms with Crippen LogP contribution >= 0.6 is 0 Å². The number of rotatable bonds is 9. The molecule has 1 heterocycles. The second-order valence-electron chi connectivity index (χ2n) is 4.19. The lowest BCUT2D eigenvalue weighted by Gasteiger charge is -2.27. The normalized spacial score (nSPS) is 12.9. The summed E-state index contributed by atoms with van der Waals surface area (Å²) in [5.74, 6) is 0.745. The molecule has 0 aromatic carbocycles. The molecule has 0 radical (unpaired) electrons. The van der Waals surface area contributed by atoms with Crippen molar-refractivity contribution >= 4 is 0 Å². The maximum atomic E-state index is 5.40. The molecule has 0 bridgehead atoms. The first-order valence-corrected chi connectivity index (χ1v) is 6.62. The molecule has 1 rings (SSSR count). The van der Waals surface area contributed by atoms with Crippen LogP contribution in [-0.2, 0) is 16.0 Å². The van der Waals surface area contributed by atoms with Crippen LogP contribution in [0.4, 0.5) is 0 Å². The van der Waals surface area contributed by atoms with E-state index in [0.29, 0.717) is 0 Å². The first-order chi connectivity index (χ1) is 9.23. The summed E-state index contributed by atoms with van der Waals surface area (Å²) in [4.78, 5) is 0. The predicted octanol–water partition coefficient (Wildman–Crippen LogP) is 1.57. The van der Waals surface area contributed by atoms with Gasteiger partial charge in [0.1, 0.15) is 11.7 Å². The summed E-state index contributed by atoms with van der Waals surface area (Å²) in [6, 6.07) is -0.118. The van der Waals surface area contributed by atoms with E-state index in [1.807, 2.05) is 11.6 Å². The van der Waals surface area contributed by atoms with E-state index in [9.17, 15) is 0 Å². The molecule has 0 saturated carbocycles. The molecular weight excluding hydrogens is 246 g/mol. The van der Waals surface area contributed by atoms with E-state index >= 15 is 0 Å². The Hall–Kier alpha value is -1.11. The van der Waals surface area contributed by atoms with Gasteiger partial charge < -0.3 is 19.5 Å². The molecule has 1 aromatic heterocycles. The van der Waals surface area contributed by atoms with Gasteiger partial charge in [0.15, 0.2) is 12.0 Å². The first-order valence-electron chi connectivity index (χ1n) is 6.62. The molecule has 6 heteroatoms. The van der Waals surface area contributed by atoms with E-state index in [1.165, 1.54) is 0 Å². The Morgan fingerprint density at radius 3 is 2.42 bits per heavy atom. The molecule has 0 aliphatic heterocycles. The van der Waals surface area contributed by atoms with Crippen LogP contribution in [-0.4, -0.2) is 43.9 Å². The molecule has 1 unspecified atom stereocenters. The number of hydrogen-bond donors (Lipinski definition) is 1. The Bertz CT molecular complexity index is 343. The van der Waals surface area contributed by atoms with Gasteiger partial charge in [-0.2, -0.15) is 5.10 Å². The van der Waals surface area contributed by atoms with Crippen molar-refractivity contribution in [3.8, 4) is 5.75 Å². The fourth-order valence-electron chi connectivity index (χ4n) is 2.09. The molecular formula is C13H25N3O3. The van der Waals surface area contributed by atoms with Gasteiger partial charge in [-0.25, -0.2) is 0 Å². The van der Waals surface area contributed by atoms with Crippen LogP contribution in [0.5, 0.6) is 5.75 Å². The highest BCUT2D eigenvalue weighted by Gasteiger charge is 2.29. The van der Waals surface area contributed by atoms with E-state index in [2.05, 4.69) is 17.3 Å². The van der Waals surface area contributed by atoms with Crippen LogP contribution in [0.1, 0.15) is 32.0 Å². The molecule has 0 fully saturated rings. The number of nitrogens with zero attached hydrogens (tertiary/aromatic N) is 2. The molecule has 6 nitrogen and oxygen atoms in total. The molecule has 1 N–H and O–H groups in total. The van der Waals surface area contributed by atoms with Gasteiger partial charge in [-0.3, -0.25) is 4.68 Å². The smallest absolute Gasteiger partial charge is 0.177 e. The molecule has 1 atom stereocenters. The average molecular weight is 271 g/mol. The zero-order valence-electron chi connectivity index (χ0n) is 12.5. The van der Waals surface area contributed by atoms with Crippen LogP contribution in [0.2, 0.25) is 0 Å². The maximum absolute atomic E-state index is 5.40. The SMILES string of the molecule is CCCNC(c1c(OC)cnn1CC)C(OC)OC. The monoisotopic (exact) mass is 271 g/mol. The Kier molecular flexibility index (Phi) is 6.83. The van der Waals surface area contributed by atoms with Gasteiger partial charge in [0.05, 0.1) is 13.3 Å². The summed E-state index contributed by atoms with van der Waals surface area (Å²) in [5, 5.41) is 7.76. The Labute approximate surface area is 115 Å². The summed E-state index contributed by atoms with van der Waals surface area (Å²) in [6.07, 6.45) is 2.36. The number of aromatic nitrogens is 2. The van der Waals surface area contributed by atoms with Gasteiger partial charge in [0.2, 0.25) is 0 Å². The van der Waals surface area contributed by atoms with Gasteiger partial charge in [-0.05, 0) is 19.9 Å². The van der Waals surface area contributed by atoms with Crippen molar-refractivity contribution in [2.24, 2.45) is 0 Å². The zero-order chi connectivity index (χ0) is 14.3. The third kappa shape index (κ3) is 3.68. The minimum Gasteiger partial charge on any atom is -0.493 e. The Balaban J connectivity index is 3.10. The van der Waals surface area contributed by atoms with Gasteiger partial charge in [0.25, 0.3) is 0 Å².